The Bertz CT molecular complexity index is 177. The summed E-state index contributed by atoms with van der Waals surface area (Å²) in [7, 11) is 4.35. The largest absolute Gasteiger partial charge is 0.308 e. The molecule has 0 aromatic heterocycles. The molecule has 76 valence electrons. The van der Waals surface area contributed by atoms with Crippen LogP contribution in [0.5, 0.6) is 0 Å². The monoisotopic (exact) mass is 182 g/mol. The van der Waals surface area contributed by atoms with Crippen molar-refractivity contribution in [1.82, 2.24) is 9.80 Å². The van der Waals surface area contributed by atoms with Crippen LogP contribution in [-0.2, 0) is 0 Å². The van der Waals surface area contributed by atoms with Gasteiger partial charge >= 0.3 is 0 Å². The van der Waals surface area contributed by atoms with Crippen molar-refractivity contribution >= 4 is 0 Å². The highest BCUT2D eigenvalue weighted by Crippen LogP contribution is 2.53. The van der Waals surface area contributed by atoms with Crippen LogP contribution in [0.1, 0.15) is 26.2 Å². The number of hydrogen-bond acceptors (Lipinski definition) is 2. The molecule has 2 aliphatic rings. The standard InChI is InChI=1S/C11H22N2/c1-4-10(7-12(2)3)13-8-11(9-13)5-6-11/h10H,4-9H2,1-3H3. The Labute approximate surface area is 81.9 Å². The normalized spacial score (nSPS) is 27.7. The van der Waals surface area contributed by atoms with Gasteiger partial charge < -0.3 is 4.90 Å². The zero-order valence-electron chi connectivity index (χ0n) is 9.21. The predicted molar refractivity (Wildman–Crippen MR) is 55.9 cm³/mol. The fourth-order valence-electron chi connectivity index (χ4n) is 2.49. The molecule has 0 bridgehead atoms. The van der Waals surface area contributed by atoms with Crippen molar-refractivity contribution in [2.24, 2.45) is 5.41 Å². The van der Waals surface area contributed by atoms with Crippen molar-refractivity contribution in [1.29, 1.82) is 0 Å². The van der Waals surface area contributed by atoms with E-state index in [9.17, 15) is 0 Å². The van der Waals surface area contributed by atoms with E-state index in [1.165, 1.54) is 38.9 Å². The lowest BCUT2D eigenvalue weighted by Gasteiger charge is -2.45. The van der Waals surface area contributed by atoms with Crippen molar-refractivity contribution in [2.75, 3.05) is 33.7 Å². The van der Waals surface area contributed by atoms with E-state index in [1.54, 1.807) is 0 Å². The molecule has 2 nitrogen and oxygen atoms in total. The van der Waals surface area contributed by atoms with Gasteiger partial charge in [-0.05, 0) is 38.8 Å². The van der Waals surface area contributed by atoms with Gasteiger partial charge in [0.05, 0.1) is 0 Å². The van der Waals surface area contributed by atoms with Gasteiger partial charge in [0, 0.05) is 25.7 Å². The Morgan fingerprint density at radius 3 is 2.31 bits per heavy atom. The molecule has 1 saturated heterocycles. The Kier molecular flexibility index (Phi) is 2.37. The van der Waals surface area contributed by atoms with E-state index in [2.05, 4.69) is 30.8 Å². The van der Waals surface area contributed by atoms with E-state index in [0.717, 1.165) is 11.5 Å². The molecule has 1 heterocycles. The Morgan fingerprint density at radius 2 is 1.92 bits per heavy atom. The quantitative estimate of drug-likeness (QED) is 0.649. The molecule has 2 fully saturated rings. The predicted octanol–water partition coefficient (Wildman–Crippen LogP) is 1.42. The van der Waals surface area contributed by atoms with Crippen LogP contribution in [0.15, 0.2) is 0 Å². The second-order valence-electron chi connectivity index (χ2n) is 5.23. The Hall–Kier alpha value is -0.0800. The lowest BCUT2D eigenvalue weighted by molar-refractivity contribution is 0.0240. The zero-order chi connectivity index (χ0) is 9.47. The number of nitrogens with zero attached hydrogens (tertiary/aromatic N) is 2. The second kappa shape index (κ2) is 3.25. The van der Waals surface area contributed by atoms with Crippen LogP contribution in [0, 0.1) is 5.41 Å². The second-order valence-corrected chi connectivity index (χ2v) is 5.23. The Balaban J connectivity index is 1.77. The SMILES string of the molecule is CCC(CN(C)C)N1CC2(CC2)C1. The topological polar surface area (TPSA) is 6.48 Å². The third-order valence-corrected chi connectivity index (χ3v) is 3.60. The summed E-state index contributed by atoms with van der Waals surface area (Å²) in [5.74, 6) is 0. The molecule has 0 radical (unpaired) electrons. The highest BCUT2D eigenvalue weighted by molar-refractivity contribution is 5.06. The Morgan fingerprint density at radius 1 is 1.31 bits per heavy atom. The van der Waals surface area contributed by atoms with Crippen molar-refractivity contribution in [3.8, 4) is 0 Å². The summed E-state index contributed by atoms with van der Waals surface area (Å²) in [5, 5.41) is 0. The molecule has 1 spiro atoms. The van der Waals surface area contributed by atoms with Crippen LogP contribution in [0.4, 0.5) is 0 Å². The minimum absolute atomic E-state index is 0.807. The van der Waals surface area contributed by atoms with Gasteiger partial charge in [-0.3, -0.25) is 4.90 Å². The molecule has 0 amide bonds. The third kappa shape index (κ3) is 1.89. The van der Waals surface area contributed by atoms with Crippen LogP contribution >= 0.6 is 0 Å². The molecule has 1 aliphatic carbocycles. The fraction of sp³-hybridized carbons (Fsp3) is 1.00. The molecule has 0 aromatic carbocycles. The summed E-state index contributed by atoms with van der Waals surface area (Å²) < 4.78 is 0. The van der Waals surface area contributed by atoms with Gasteiger partial charge in [-0.2, -0.15) is 0 Å². The summed E-state index contributed by atoms with van der Waals surface area (Å²) in [6.45, 7) is 6.32. The lowest BCUT2D eigenvalue weighted by atomic mass is 9.93. The van der Waals surface area contributed by atoms with E-state index in [0.29, 0.717) is 0 Å². The first-order chi connectivity index (χ1) is 6.15. The van der Waals surface area contributed by atoms with Gasteiger partial charge in [0.2, 0.25) is 0 Å². The van der Waals surface area contributed by atoms with Crippen LogP contribution in [-0.4, -0.2) is 49.6 Å². The van der Waals surface area contributed by atoms with E-state index in [4.69, 9.17) is 0 Å². The maximum Gasteiger partial charge on any atom is 0.0220 e. The van der Waals surface area contributed by atoms with Crippen molar-refractivity contribution in [2.45, 2.75) is 32.2 Å². The van der Waals surface area contributed by atoms with Crippen molar-refractivity contribution < 1.29 is 0 Å². The number of likely N-dealkylation sites (N-methyl/N-ethyl adjacent to an activating group) is 1. The summed E-state index contributed by atoms with van der Waals surface area (Å²) in [4.78, 5) is 4.99. The maximum atomic E-state index is 2.67. The first kappa shape index (κ1) is 9.47. The maximum absolute atomic E-state index is 2.67. The molecule has 1 atom stereocenters. The molecule has 1 aliphatic heterocycles. The van der Waals surface area contributed by atoms with Crippen molar-refractivity contribution in [3.63, 3.8) is 0 Å². The highest BCUT2D eigenvalue weighted by atomic mass is 15.3. The van der Waals surface area contributed by atoms with Crippen molar-refractivity contribution in [3.05, 3.63) is 0 Å². The molecule has 0 aromatic rings. The fourth-order valence-corrected chi connectivity index (χ4v) is 2.49. The average molecular weight is 182 g/mol. The third-order valence-electron chi connectivity index (χ3n) is 3.60. The molecule has 2 heteroatoms. The lowest BCUT2D eigenvalue weighted by Crippen LogP contribution is -2.55. The molecule has 13 heavy (non-hydrogen) atoms. The minimum atomic E-state index is 0.807. The number of rotatable bonds is 4. The molecule has 0 N–H and O–H groups in total. The van der Waals surface area contributed by atoms with Gasteiger partial charge in [0.1, 0.15) is 0 Å². The number of hydrogen-bond donors (Lipinski definition) is 0. The highest BCUT2D eigenvalue weighted by Gasteiger charge is 2.53. The van der Waals surface area contributed by atoms with E-state index in [-0.39, 0.29) is 0 Å². The van der Waals surface area contributed by atoms with E-state index >= 15 is 0 Å². The van der Waals surface area contributed by atoms with Gasteiger partial charge in [-0.1, -0.05) is 6.92 Å². The first-order valence-electron chi connectivity index (χ1n) is 5.54. The summed E-state index contributed by atoms with van der Waals surface area (Å²) >= 11 is 0. The van der Waals surface area contributed by atoms with Gasteiger partial charge in [0.15, 0.2) is 0 Å². The van der Waals surface area contributed by atoms with Gasteiger partial charge in [0.25, 0.3) is 0 Å². The van der Waals surface area contributed by atoms with Gasteiger partial charge in [-0.15, -0.1) is 0 Å². The van der Waals surface area contributed by atoms with Crippen LogP contribution in [0.3, 0.4) is 0 Å². The smallest absolute Gasteiger partial charge is 0.0220 e. The van der Waals surface area contributed by atoms with Crippen LogP contribution < -0.4 is 0 Å². The number of likely N-dealkylation sites (tertiary alicyclic amines) is 1. The summed E-state index contributed by atoms with van der Waals surface area (Å²) in [6, 6.07) is 0.807. The molecule has 1 saturated carbocycles. The molecular formula is C11H22N2. The molecule has 2 rings (SSSR count). The van der Waals surface area contributed by atoms with E-state index in [1.807, 2.05) is 0 Å². The first-order valence-corrected chi connectivity index (χ1v) is 5.54. The average Bonchev–Trinajstić information content (AvgIpc) is 2.76. The van der Waals surface area contributed by atoms with Gasteiger partial charge in [-0.25, -0.2) is 0 Å². The van der Waals surface area contributed by atoms with E-state index < -0.39 is 0 Å². The summed E-state index contributed by atoms with van der Waals surface area (Å²) in [5.41, 5.74) is 0.819. The molecular weight excluding hydrogens is 160 g/mol. The van der Waals surface area contributed by atoms with Crippen LogP contribution in [0.25, 0.3) is 0 Å². The van der Waals surface area contributed by atoms with Crippen LogP contribution in [0.2, 0.25) is 0 Å². The zero-order valence-corrected chi connectivity index (χ0v) is 9.21. The minimum Gasteiger partial charge on any atom is -0.308 e. The summed E-state index contributed by atoms with van der Waals surface area (Å²) in [6.07, 6.45) is 4.30. The molecule has 1 unspecified atom stereocenters.